The van der Waals surface area contributed by atoms with Gasteiger partial charge in [-0.05, 0) is 80.5 Å². The SMILES string of the molecule is Cc1cc(C)c2c(c1C)OC(CCCC(C)CCCC(C)CCCC(C)C)(OC(C)C(=O)O)CC2. The van der Waals surface area contributed by atoms with Crippen molar-refractivity contribution in [2.75, 3.05) is 0 Å². The summed E-state index contributed by atoms with van der Waals surface area (Å²) in [5.41, 5.74) is 4.83. The van der Waals surface area contributed by atoms with Crippen LogP contribution in [0.25, 0.3) is 0 Å². The number of aliphatic carboxylic acids is 1. The Balaban J connectivity index is 1.92. The second kappa shape index (κ2) is 13.7. The van der Waals surface area contributed by atoms with E-state index in [1.807, 2.05) is 0 Å². The third-order valence-corrected chi connectivity index (χ3v) is 8.03. The Morgan fingerprint density at radius 3 is 2.09 bits per heavy atom. The largest absolute Gasteiger partial charge is 0.479 e. The highest BCUT2D eigenvalue weighted by atomic mass is 16.7. The van der Waals surface area contributed by atoms with Crippen LogP contribution in [0.2, 0.25) is 0 Å². The maximum atomic E-state index is 11.6. The predicted molar refractivity (Wildman–Crippen MR) is 145 cm³/mol. The third kappa shape index (κ3) is 9.12. The van der Waals surface area contributed by atoms with Gasteiger partial charge in [-0.1, -0.05) is 78.7 Å². The molecule has 4 nitrogen and oxygen atoms in total. The first kappa shape index (κ1) is 29.7. The number of rotatable bonds is 15. The zero-order valence-corrected chi connectivity index (χ0v) is 23.8. The van der Waals surface area contributed by atoms with Gasteiger partial charge in [0.2, 0.25) is 5.79 Å². The van der Waals surface area contributed by atoms with E-state index in [-0.39, 0.29) is 0 Å². The van der Waals surface area contributed by atoms with E-state index in [4.69, 9.17) is 9.47 Å². The Hall–Kier alpha value is -1.55. The van der Waals surface area contributed by atoms with Crippen LogP contribution in [0.4, 0.5) is 0 Å². The Morgan fingerprint density at radius 2 is 1.51 bits per heavy atom. The lowest BCUT2D eigenvalue weighted by molar-refractivity contribution is -0.227. The lowest BCUT2D eigenvalue weighted by atomic mass is 9.88. The molecule has 0 aliphatic carbocycles. The monoisotopic (exact) mass is 488 g/mol. The smallest absolute Gasteiger partial charge is 0.332 e. The first-order valence-corrected chi connectivity index (χ1v) is 14.1. The molecule has 0 radical (unpaired) electrons. The van der Waals surface area contributed by atoms with Gasteiger partial charge in [0.1, 0.15) is 5.75 Å². The van der Waals surface area contributed by atoms with E-state index < -0.39 is 17.9 Å². The Bertz CT molecular complexity index is 815. The summed E-state index contributed by atoms with van der Waals surface area (Å²) in [7, 11) is 0. The van der Waals surface area contributed by atoms with Gasteiger partial charge in [-0.15, -0.1) is 0 Å². The number of benzene rings is 1. The van der Waals surface area contributed by atoms with Gasteiger partial charge < -0.3 is 14.6 Å². The van der Waals surface area contributed by atoms with Crippen molar-refractivity contribution in [1.29, 1.82) is 0 Å². The molecule has 0 saturated carbocycles. The fourth-order valence-electron chi connectivity index (χ4n) is 5.49. The highest BCUT2D eigenvalue weighted by Crippen LogP contribution is 2.42. The summed E-state index contributed by atoms with van der Waals surface area (Å²) in [4.78, 5) is 11.6. The number of carboxylic acid groups (broad SMARTS) is 1. The van der Waals surface area contributed by atoms with Gasteiger partial charge in [0.15, 0.2) is 6.10 Å². The Morgan fingerprint density at radius 1 is 0.943 bits per heavy atom. The molecule has 35 heavy (non-hydrogen) atoms. The van der Waals surface area contributed by atoms with E-state index in [1.165, 1.54) is 55.2 Å². The van der Waals surface area contributed by atoms with Gasteiger partial charge in [0.25, 0.3) is 0 Å². The molecule has 0 bridgehead atoms. The summed E-state index contributed by atoms with van der Waals surface area (Å²) < 4.78 is 12.8. The molecule has 1 aromatic rings. The molecular formula is C31H52O4. The molecule has 4 heteroatoms. The van der Waals surface area contributed by atoms with Gasteiger partial charge in [-0.2, -0.15) is 0 Å². The molecular weight excluding hydrogens is 436 g/mol. The standard InChI is InChI=1S/C31H52O4/c1-21(2)12-9-13-22(3)14-10-15-23(4)16-11-18-31(34-27(8)30(32)33)19-17-28-25(6)20-24(5)26(7)29(28)35-31/h20-23,27H,9-19H2,1-8H3,(H,32,33). The van der Waals surface area contributed by atoms with Crippen LogP contribution in [0, 0.1) is 38.5 Å². The topological polar surface area (TPSA) is 55.8 Å². The molecule has 1 aromatic carbocycles. The molecule has 0 aromatic heterocycles. The highest BCUT2D eigenvalue weighted by molar-refractivity contribution is 5.71. The number of carbonyl (C=O) groups is 1. The van der Waals surface area contributed by atoms with Crippen LogP contribution in [-0.2, 0) is 16.0 Å². The summed E-state index contributed by atoms with van der Waals surface area (Å²) in [6, 6.07) is 2.22. The third-order valence-electron chi connectivity index (χ3n) is 8.03. The van der Waals surface area contributed by atoms with E-state index in [9.17, 15) is 9.90 Å². The number of ether oxygens (including phenoxy) is 2. The van der Waals surface area contributed by atoms with Gasteiger partial charge in [0, 0.05) is 12.8 Å². The molecule has 1 N–H and O–H groups in total. The van der Waals surface area contributed by atoms with E-state index in [0.29, 0.717) is 12.3 Å². The first-order chi connectivity index (χ1) is 16.4. The summed E-state index contributed by atoms with van der Waals surface area (Å²) in [5, 5.41) is 9.52. The lowest BCUT2D eigenvalue weighted by Gasteiger charge is -2.41. The fourth-order valence-corrected chi connectivity index (χ4v) is 5.49. The van der Waals surface area contributed by atoms with Gasteiger partial charge >= 0.3 is 5.97 Å². The van der Waals surface area contributed by atoms with E-state index in [0.717, 1.165) is 48.8 Å². The molecule has 4 atom stereocenters. The van der Waals surface area contributed by atoms with Crippen molar-refractivity contribution in [2.45, 2.75) is 138 Å². The lowest BCUT2D eigenvalue weighted by Crippen LogP contribution is -2.46. The maximum absolute atomic E-state index is 11.6. The van der Waals surface area contributed by atoms with E-state index in [2.05, 4.69) is 54.5 Å². The average Bonchev–Trinajstić information content (AvgIpc) is 2.77. The zero-order chi connectivity index (χ0) is 26.2. The molecule has 0 saturated heterocycles. The molecule has 1 heterocycles. The summed E-state index contributed by atoms with van der Waals surface area (Å²) in [6.07, 6.45) is 11.4. The summed E-state index contributed by atoms with van der Waals surface area (Å²) in [6.45, 7) is 17.3. The second-order valence-electron chi connectivity index (χ2n) is 11.9. The quantitative estimate of drug-likeness (QED) is 0.269. The van der Waals surface area contributed by atoms with Gasteiger partial charge in [0.05, 0.1) is 0 Å². The molecule has 1 aliphatic heterocycles. The number of aryl methyl sites for hydroxylation is 2. The zero-order valence-electron chi connectivity index (χ0n) is 23.8. The number of hydrogen-bond acceptors (Lipinski definition) is 3. The van der Waals surface area contributed by atoms with E-state index in [1.54, 1.807) is 6.92 Å². The Labute approximate surface area is 215 Å². The molecule has 200 valence electrons. The summed E-state index contributed by atoms with van der Waals surface area (Å²) in [5.74, 6) is 1.40. The molecule has 4 unspecified atom stereocenters. The van der Waals surface area contributed by atoms with Crippen molar-refractivity contribution in [3.63, 3.8) is 0 Å². The van der Waals surface area contributed by atoms with Gasteiger partial charge in [-0.3, -0.25) is 0 Å². The van der Waals surface area contributed by atoms with Crippen LogP contribution >= 0.6 is 0 Å². The summed E-state index contributed by atoms with van der Waals surface area (Å²) >= 11 is 0. The first-order valence-electron chi connectivity index (χ1n) is 14.1. The number of fused-ring (bicyclic) bond motifs is 1. The van der Waals surface area contributed by atoms with Crippen molar-refractivity contribution >= 4 is 5.97 Å². The fraction of sp³-hybridized carbons (Fsp3) is 0.774. The second-order valence-corrected chi connectivity index (χ2v) is 11.9. The van der Waals surface area contributed by atoms with Crippen molar-refractivity contribution in [2.24, 2.45) is 17.8 Å². The average molecular weight is 489 g/mol. The highest BCUT2D eigenvalue weighted by Gasteiger charge is 2.41. The minimum Gasteiger partial charge on any atom is -0.479 e. The van der Waals surface area contributed by atoms with Crippen molar-refractivity contribution in [3.8, 4) is 5.75 Å². The minimum atomic E-state index is -0.938. The Kier molecular flexibility index (Phi) is 11.6. The molecule has 0 fully saturated rings. The van der Waals surface area contributed by atoms with Crippen molar-refractivity contribution in [1.82, 2.24) is 0 Å². The predicted octanol–water partition coefficient (Wildman–Crippen LogP) is 8.56. The minimum absolute atomic E-state index is 0.661. The van der Waals surface area contributed by atoms with Gasteiger partial charge in [-0.25, -0.2) is 4.79 Å². The normalized spacial score (nSPS) is 20.3. The van der Waals surface area contributed by atoms with Crippen LogP contribution < -0.4 is 4.74 Å². The van der Waals surface area contributed by atoms with Crippen molar-refractivity contribution < 1.29 is 19.4 Å². The molecule has 1 aliphatic rings. The number of hydrogen-bond donors (Lipinski definition) is 1. The van der Waals surface area contributed by atoms with Crippen LogP contribution in [-0.4, -0.2) is 23.0 Å². The van der Waals surface area contributed by atoms with E-state index >= 15 is 0 Å². The molecule has 0 amide bonds. The maximum Gasteiger partial charge on any atom is 0.332 e. The molecule has 0 spiro atoms. The van der Waals surface area contributed by atoms with Crippen molar-refractivity contribution in [3.05, 3.63) is 28.3 Å². The van der Waals surface area contributed by atoms with Crippen LogP contribution in [0.3, 0.4) is 0 Å². The van der Waals surface area contributed by atoms with Crippen LogP contribution in [0.1, 0.15) is 121 Å². The van der Waals surface area contributed by atoms with Crippen LogP contribution in [0.5, 0.6) is 5.75 Å². The van der Waals surface area contributed by atoms with Crippen LogP contribution in [0.15, 0.2) is 6.07 Å². The molecule has 2 rings (SSSR count). The number of carboxylic acids is 1.